The Kier molecular flexibility index (Phi) is 5.94. The van der Waals surface area contributed by atoms with E-state index in [1.165, 1.54) is 0 Å². The van der Waals surface area contributed by atoms with Crippen molar-refractivity contribution < 1.29 is 18.9 Å². The number of ether oxygens (including phenoxy) is 4. The number of methoxy groups -OCH3 is 3. The standard InChI is InChI=1S/C22H21NO4/c1-24-20-14-22(26-3)21(25-2)13-16(20)15-23-17-9-11-19(12-10-17)27-18-7-5-4-6-8-18/h4-15H,1-3H3. The van der Waals surface area contributed by atoms with E-state index in [1.807, 2.05) is 60.7 Å². The molecule has 0 aliphatic rings. The summed E-state index contributed by atoms with van der Waals surface area (Å²) in [6.45, 7) is 0. The van der Waals surface area contributed by atoms with Gasteiger partial charge in [-0.05, 0) is 42.5 Å². The fourth-order valence-electron chi connectivity index (χ4n) is 2.52. The van der Waals surface area contributed by atoms with Crippen LogP contribution >= 0.6 is 0 Å². The Bertz CT molecular complexity index is 906. The molecule has 0 unspecified atom stereocenters. The number of para-hydroxylation sites is 1. The topological polar surface area (TPSA) is 49.3 Å². The molecule has 0 radical (unpaired) electrons. The second-order valence-corrected chi connectivity index (χ2v) is 5.62. The lowest BCUT2D eigenvalue weighted by Gasteiger charge is -2.11. The highest BCUT2D eigenvalue weighted by molar-refractivity contribution is 5.87. The molecule has 0 bridgehead atoms. The third-order valence-electron chi connectivity index (χ3n) is 3.90. The quantitative estimate of drug-likeness (QED) is 0.538. The van der Waals surface area contributed by atoms with Crippen LogP contribution in [0.4, 0.5) is 5.69 Å². The molecule has 0 heterocycles. The molecule has 0 aliphatic carbocycles. The normalized spacial score (nSPS) is 10.6. The van der Waals surface area contributed by atoms with E-state index in [4.69, 9.17) is 18.9 Å². The van der Waals surface area contributed by atoms with Crippen LogP contribution in [0.5, 0.6) is 28.7 Å². The molecule has 3 aromatic carbocycles. The molecule has 5 heteroatoms. The van der Waals surface area contributed by atoms with Crippen molar-refractivity contribution in [3.8, 4) is 28.7 Å². The summed E-state index contributed by atoms with van der Waals surface area (Å²) in [5.41, 5.74) is 1.59. The van der Waals surface area contributed by atoms with E-state index in [2.05, 4.69) is 4.99 Å². The van der Waals surface area contributed by atoms with E-state index in [1.54, 1.807) is 33.6 Å². The van der Waals surface area contributed by atoms with Gasteiger partial charge in [0.15, 0.2) is 11.5 Å². The van der Waals surface area contributed by atoms with Gasteiger partial charge in [-0.25, -0.2) is 0 Å². The van der Waals surface area contributed by atoms with Gasteiger partial charge in [-0.15, -0.1) is 0 Å². The molecule has 0 fully saturated rings. The van der Waals surface area contributed by atoms with Crippen molar-refractivity contribution in [2.24, 2.45) is 4.99 Å². The predicted molar refractivity (Wildman–Crippen MR) is 106 cm³/mol. The van der Waals surface area contributed by atoms with E-state index in [9.17, 15) is 0 Å². The number of nitrogens with zero attached hydrogens (tertiary/aromatic N) is 1. The van der Waals surface area contributed by atoms with Gasteiger partial charge in [0.1, 0.15) is 17.2 Å². The minimum atomic E-state index is 0.605. The van der Waals surface area contributed by atoms with Gasteiger partial charge in [0.05, 0.1) is 27.0 Å². The lowest BCUT2D eigenvalue weighted by atomic mass is 10.2. The molecular weight excluding hydrogens is 342 g/mol. The monoisotopic (exact) mass is 363 g/mol. The molecule has 5 nitrogen and oxygen atoms in total. The molecule has 138 valence electrons. The molecule has 0 N–H and O–H groups in total. The fraction of sp³-hybridized carbons (Fsp3) is 0.136. The van der Waals surface area contributed by atoms with Gasteiger partial charge in [-0.2, -0.15) is 0 Å². The first-order chi connectivity index (χ1) is 13.2. The summed E-state index contributed by atoms with van der Waals surface area (Å²) in [6.07, 6.45) is 1.73. The van der Waals surface area contributed by atoms with Crippen molar-refractivity contribution in [3.05, 3.63) is 72.3 Å². The Morgan fingerprint density at radius 1 is 0.667 bits per heavy atom. The highest BCUT2D eigenvalue weighted by atomic mass is 16.5. The number of aliphatic imine (C=N–C) groups is 1. The van der Waals surface area contributed by atoms with Crippen molar-refractivity contribution in [1.29, 1.82) is 0 Å². The van der Waals surface area contributed by atoms with Crippen molar-refractivity contribution in [1.82, 2.24) is 0 Å². The molecule has 0 aromatic heterocycles. The van der Waals surface area contributed by atoms with Crippen molar-refractivity contribution in [3.63, 3.8) is 0 Å². The van der Waals surface area contributed by atoms with Crippen LogP contribution in [0.1, 0.15) is 5.56 Å². The van der Waals surface area contributed by atoms with E-state index in [0.29, 0.717) is 17.2 Å². The zero-order valence-corrected chi connectivity index (χ0v) is 15.5. The summed E-state index contributed by atoms with van der Waals surface area (Å²) in [4.78, 5) is 4.51. The van der Waals surface area contributed by atoms with Gasteiger partial charge in [-0.3, -0.25) is 4.99 Å². The molecule has 3 aromatic rings. The van der Waals surface area contributed by atoms with Crippen LogP contribution in [-0.4, -0.2) is 27.5 Å². The van der Waals surface area contributed by atoms with E-state index < -0.39 is 0 Å². The van der Waals surface area contributed by atoms with Crippen LogP contribution in [0.3, 0.4) is 0 Å². The molecule has 0 saturated heterocycles. The van der Waals surface area contributed by atoms with Crippen LogP contribution < -0.4 is 18.9 Å². The Hall–Kier alpha value is -3.47. The molecule has 27 heavy (non-hydrogen) atoms. The Balaban J connectivity index is 1.77. The van der Waals surface area contributed by atoms with Crippen LogP contribution in [0.25, 0.3) is 0 Å². The Morgan fingerprint density at radius 3 is 1.89 bits per heavy atom. The highest BCUT2D eigenvalue weighted by Crippen LogP contribution is 2.34. The average Bonchev–Trinajstić information content (AvgIpc) is 2.73. The van der Waals surface area contributed by atoms with Crippen molar-refractivity contribution in [2.75, 3.05) is 21.3 Å². The Labute approximate surface area is 158 Å². The fourth-order valence-corrected chi connectivity index (χ4v) is 2.52. The molecule has 0 spiro atoms. The van der Waals surface area contributed by atoms with Gasteiger partial charge in [-0.1, -0.05) is 18.2 Å². The third-order valence-corrected chi connectivity index (χ3v) is 3.90. The summed E-state index contributed by atoms with van der Waals surface area (Å²) >= 11 is 0. The third kappa shape index (κ3) is 4.58. The number of benzene rings is 3. The van der Waals surface area contributed by atoms with Crippen LogP contribution in [0, 0.1) is 0 Å². The first-order valence-electron chi connectivity index (χ1n) is 8.40. The van der Waals surface area contributed by atoms with E-state index in [0.717, 1.165) is 22.7 Å². The largest absolute Gasteiger partial charge is 0.496 e. The second kappa shape index (κ2) is 8.76. The van der Waals surface area contributed by atoms with E-state index in [-0.39, 0.29) is 0 Å². The summed E-state index contributed by atoms with van der Waals surface area (Å²) in [5.74, 6) is 3.42. The lowest BCUT2D eigenvalue weighted by molar-refractivity contribution is 0.349. The first kappa shape index (κ1) is 18.3. The summed E-state index contributed by atoms with van der Waals surface area (Å²) in [6, 6.07) is 20.8. The summed E-state index contributed by atoms with van der Waals surface area (Å²) in [5, 5.41) is 0. The smallest absolute Gasteiger partial charge is 0.164 e. The first-order valence-corrected chi connectivity index (χ1v) is 8.40. The zero-order valence-electron chi connectivity index (χ0n) is 15.5. The minimum Gasteiger partial charge on any atom is -0.496 e. The van der Waals surface area contributed by atoms with Gasteiger partial charge < -0.3 is 18.9 Å². The van der Waals surface area contributed by atoms with Gasteiger partial charge in [0, 0.05) is 17.8 Å². The SMILES string of the molecule is COc1cc(OC)c(OC)cc1C=Nc1ccc(Oc2ccccc2)cc1. The van der Waals surface area contributed by atoms with Gasteiger partial charge in [0.25, 0.3) is 0 Å². The molecule has 3 rings (SSSR count). The number of hydrogen-bond acceptors (Lipinski definition) is 5. The van der Waals surface area contributed by atoms with Crippen LogP contribution in [-0.2, 0) is 0 Å². The number of hydrogen-bond donors (Lipinski definition) is 0. The van der Waals surface area contributed by atoms with Crippen LogP contribution in [0.2, 0.25) is 0 Å². The molecule has 0 atom stereocenters. The highest BCUT2D eigenvalue weighted by Gasteiger charge is 2.10. The minimum absolute atomic E-state index is 0.605. The molecule has 0 amide bonds. The van der Waals surface area contributed by atoms with Crippen LogP contribution in [0.15, 0.2) is 71.7 Å². The lowest BCUT2D eigenvalue weighted by Crippen LogP contribution is -1.96. The molecule has 0 saturated carbocycles. The van der Waals surface area contributed by atoms with E-state index >= 15 is 0 Å². The summed E-state index contributed by atoms with van der Waals surface area (Å²) in [7, 11) is 4.79. The maximum absolute atomic E-state index is 5.79. The predicted octanol–water partition coefficient (Wildman–Crippen LogP) is 5.26. The van der Waals surface area contributed by atoms with Gasteiger partial charge >= 0.3 is 0 Å². The molecule has 0 aliphatic heterocycles. The average molecular weight is 363 g/mol. The number of rotatable bonds is 7. The molecular formula is C22H21NO4. The summed E-state index contributed by atoms with van der Waals surface area (Å²) < 4.78 is 21.8. The second-order valence-electron chi connectivity index (χ2n) is 5.62. The van der Waals surface area contributed by atoms with Gasteiger partial charge in [0.2, 0.25) is 0 Å². The maximum Gasteiger partial charge on any atom is 0.164 e. The van der Waals surface area contributed by atoms with Crippen molar-refractivity contribution in [2.45, 2.75) is 0 Å². The zero-order chi connectivity index (χ0) is 19.1. The Morgan fingerprint density at radius 2 is 1.26 bits per heavy atom. The van der Waals surface area contributed by atoms with Crippen molar-refractivity contribution >= 4 is 11.9 Å². The maximum atomic E-state index is 5.79.